The SMILES string of the molecule is [O]c1ccc2nccc(N3CCC(Cc4ccc(C(F)(F)C(F)(F)F)cc4)CC3)c2c1. The highest BCUT2D eigenvalue weighted by Crippen LogP contribution is 2.43. The minimum absolute atomic E-state index is 0.0730. The van der Waals surface area contributed by atoms with Crippen molar-refractivity contribution in [3.05, 3.63) is 65.9 Å². The highest BCUT2D eigenvalue weighted by atomic mass is 19.4. The standard InChI is InChI=1S/C23H20F5N2O/c24-22(25,23(26,27)28)17-3-1-15(2-4-17)13-16-8-11-30(12-9-16)21-7-10-29-20-6-5-18(31)14-19(20)21/h1-7,10,14,16H,8-9,11-13H2. The molecule has 1 aliphatic rings. The number of aromatic nitrogens is 1. The Bertz CT molecular complexity index is 1060. The second-order valence-corrected chi connectivity index (χ2v) is 7.91. The van der Waals surface area contributed by atoms with E-state index in [1.807, 2.05) is 6.07 Å². The lowest BCUT2D eigenvalue weighted by molar-refractivity contribution is -0.289. The molecule has 1 aliphatic heterocycles. The molecule has 163 valence electrons. The van der Waals surface area contributed by atoms with Gasteiger partial charge in [-0.15, -0.1) is 0 Å². The Morgan fingerprint density at radius 1 is 0.935 bits per heavy atom. The van der Waals surface area contributed by atoms with Gasteiger partial charge in [-0.25, -0.2) is 0 Å². The average molecular weight is 435 g/mol. The highest BCUT2D eigenvalue weighted by molar-refractivity contribution is 5.92. The Morgan fingerprint density at radius 2 is 1.61 bits per heavy atom. The van der Waals surface area contributed by atoms with Gasteiger partial charge in [0.25, 0.3) is 0 Å². The van der Waals surface area contributed by atoms with Crippen LogP contribution in [-0.4, -0.2) is 24.2 Å². The fraction of sp³-hybridized carbons (Fsp3) is 0.348. The summed E-state index contributed by atoms with van der Waals surface area (Å²) in [7, 11) is 0. The second kappa shape index (κ2) is 7.98. The molecule has 1 saturated heterocycles. The Morgan fingerprint density at radius 3 is 2.26 bits per heavy atom. The third-order valence-corrected chi connectivity index (χ3v) is 5.84. The van der Waals surface area contributed by atoms with Crippen molar-refractivity contribution in [3.63, 3.8) is 0 Å². The van der Waals surface area contributed by atoms with Gasteiger partial charge in [-0.05, 0) is 55.0 Å². The highest BCUT2D eigenvalue weighted by Gasteiger charge is 2.58. The maximum absolute atomic E-state index is 13.4. The number of anilines is 1. The monoisotopic (exact) mass is 435 g/mol. The van der Waals surface area contributed by atoms with Crippen LogP contribution in [0, 0.1) is 5.92 Å². The number of benzene rings is 2. The number of hydrogen-bond donors (Lipinski definition) is 0. The topological polar surface area (TPSA) is 36.0 Å². The molecule has 0 amide bonds. The Kier molecular flexibility index (Phi) is 5.49. The predicted molar refractivity (Wildman–Crippen MR) is 107 cm³/mol. The van der Waals surface area contributed by atoms with Crippen LogP contribution in [0.25, 0.3) is 10.9 Å². The van der Waals surface area contributed by atoms with Gasteiger partial charge in [-0.2, -0.15) is 22.0 Å². The number of piperidine rings is 1. The van der Waals surface area contributed by atoms with Crippen LogP contribution in [0.3, 0.4) is 0 Å². The summed E-state index contributed by atoms with van der Waals surface area (Å²) in [4.78, 5) is 6.50. The molecule has 2 aromatic carbocycles. The van der Waals surface area contributed by atoms with Gasteiger partial charge in [0.15, 0.2) is 5.75 Å². The molecule has 1 aromatic heterocycles. The molecule has 31 heavy (non-hydrogen) atoms. The summed E-state index contributed by atoms with van der Waals surface area (Å²) in [5.74, 6) is -4.63. The summed E-state index contributed by atoms with van der Waals surface area (Å²) in [6.07, 6.45) is -1.58. The maximum atomic E-state index is 13.4. The number of fused-ring (bicyclic) bond motifs is 1. The van der Waals surface area contributed by atoms with Crippen LogP contribution in [0.4, 0.5) is 27.6 Å². The van der Waals surface area contributed by atoms with Crippen LogP contribution in [0.2, 0.25) is 0 Å². The van der Waals surface area contributed by atoms with Gasteiger partial charge in [-0.1, -0.05) is 24.3 Å². The molecule has 0 bridgehead atoms. The number of halogens is 5. The molecule has 0 unspecified atom stereocenters. The average Bonchev–Trinajstić information content (AvgIpc) is 2.73. The van der Waals surface area contributed by atoms with Crippen LogP contribution in [0.5, 0.6) is 5.75 Å². The van der Waals surface area contributed by atoms with E-state index in [0.29, 0.717) is 12.3 Å². The smallest absolute Gasteiger partial charge is 0.371 e. The molecule has 3 nitrogen and oxygen atoms in total. The quantitative estimate of drug-likeness (QED) is 0.439. The molecule has 4 rings (SSSR count). The van der Waals surface area contributed by atoms with Crippen molar-refractivity contribution in [2.75, 3.05) is 18.0 Å². The lowest BCUT2D eigenvalue weighted by Gasteiger charge is -2.34. The molecule has 1 fully saturated rings. The van der Waals surface area contributed by atoms with Gasteiger partial charge < -0.3 is 4.90 Å². The summed E-state index contributed by atoms with van der Waals surface area (Å²) >= 11 is 0. The molecule has 0 aliphatic carbocycles. The summed E-state index contributed by atoms with van der Waals surface area (Å²) in [5, 5.41) is 12.6. The minimum Gasteiger partial charge on any atom is -0.371 e. The van der Waals surface area contributed by atoms with E-state index < -0.39 is 17.7 Å². The van der Waals surface area contributed by atoms with Crippen molar-refractivity contribution in [3.8, 4) is 5.75 Å². The zero-order valence-corrected chi connectivity index (χ0v) is 16.5. The van der Waals surface area contributed by atoms with Gasteiger partial charge in [0.05, 0.1) is 5.52 Å². The number of pyridine rings is 1. The molecule has 1 radical (unpaired) electrons. The Labute approximate surface area is 176 Å². The summed E-state index contributed by atoms with van der Waals surface area (Å²) in [6.45, 7) is 1.52. The van der Waals surface area contributed by atoms with E-state index in [1.165, 1.54) is 18.2 Å². The lowest BCUT2D eigenvalue weighted by atomic mass is 9.89. The molecule has 0 N–H and O–H groups in total. The van der Waals surface area contributed by atoms with Crippen molar-refractivity contribution < 1.29 is 27.1 Å². The molecule has 2 heterocycles. The van der Waals surface area contributed by atoms with Gasteiger partial charge >= 0.3 is 12.1 Å². The third-order valence-electron chi connectivity index (χ3n) is 5.84. The van der Waals surface area contributed by atoms with E-state index in [4.69, 9.17) is 0 Å². The molecule has 8 heteroatoms. The van der Waals surface area contributed by atoms with E-state index in [2.05, 4.69) is 9.88 Å². The zero-order chi connectivity index (χ0) is 22.2. The first-order chi connectivity index (χ1) is 14.6. The number of nitrogens with zero attached hydrogens (tertiary/aromatic N) is 2. The van der Waals surface area contributed by atoms with E-state index in [-0.39, 0.29) is 5.75 Å². The first kappa shape index (κ1) is 21.3. The second-order valence-electron chi connectivity index (χ2n) is 7.91. The predicted octanol–water partition coefficient (Wildman–Crippen LogP) is 6.49. The summed E-state index contributed by atoms with van der Waals surface area (Å²) in [6, 6.07) is 11.1. The Hall–Kier alpha value is -2.90. The molecule has 0 spiro atoms. The third kappa shape index (κ3) is 4.29. The van der Waals surface area contributed by atoms with Crippen molar-refractivity contribution in [1.82, 2.24) is 4.98 Å². The van der Waals surface area contributed by atoms with Crippen molar-refractivity contribution in [1.29, 1.82) is 0 Å². The summed E-state index contributed by atoms with van der Waals surface area (Å²) in [5.41, 5.74) is 1.42. The number of hydrogen-bond acceptors (Lipinski definition) is 2. The fourth-order valence-electron chi connectivity index (χ4n) is 4.11. The van der Waals surface area contributed by atoms with Gasteiger partial charge in [0, 0.05) is 35.9 Å². The molecule has 3 aromatic rings. The first-order valence-electron chi connectivity index (χ1n) is 10.00. The van der Waals surface area contributed by atoms with Gasteiger partial charge in [0.1, 0.15) is 0 Å². The minimum atomic E-state index is -5.61. The Balaban J connectivity index is 1.41. The number of alkyl halides is 5. The maximum Gasteiger partial charge on any atom is 0.458 e. The van der Waals surface area contributed by atoms with E-state index >= 15 is 0 Å². The van der Waals surface area contributed by atoms with Crippen LogP contribution < -0.4 is 4.90 Å². The van der Waals surface area contributed by atoms with Gasteiger partial charge in [0.2, 0.25) is 0 Å². The van der Waals surface area contributed by atoms with E-state index in [1.54, 1.807) is 18.3 Å². The van der Waals surface area contributed by atoms with Crippen molar-refractivity contribution in [2.24, 2.45) is 5.92 Å². The van der Waals surface area contributed by atoms with Crippen LogP contribution in [-0.2, 0) is 17.4 Å². The zero-order valence-electron chi connectivity index (χ0n) is 16.5. The normalized spacial score (nSPS) is 16.1. The van der Waals surface area contributed by atoms with Crippen molar-refractivity contribution in [2.45, 2.75) is 31.4 Å². The molecular weight excluding hydrogens is 415 g/mol. The summed E-state index contributed by atoms with van der Waals surface area (Å²) < 4.78 is 64.4. The van der Waals surface area contributed by atoms with Crippen LogP contribution in [0.1, 0.15) is 24.0 Å². The number of rotatable bonds is 4. The molecular formula is C23H20F5N2O. The van der Waals surface area contributed by atoms with Crippen LogP contribution >= 0.6 is 0 Å². The largest absolute Gasteiger partial charge is 0.458 e. The van der Waals surface area contributed by atoms with E-state index in [9.17, 15) is 27.1 Å². The first-order valence-corrected chi connectivity index (χ1v) is 10.00. The van der Waals surface area contributed by atoms with E-state index in [0.717, 1.165) is 60.2 Å². The van der Waals surface area contributed by atoms with Crippen LogP contribution in [0.15, 0.2) is 54.7 Å². The molecule has 0 atom stereocenters. The van der Waals surface area contributed by atoms with Gasteiger partial charge in [-0.3, -0.25) is 10.1 Å². The lowest BCUT2D eigenvalue weighted by Crippen LogP contribution is -2.34. The van der Waals surface area contributed by atoms with Crippen molar-refractivity contribution >= 4 is 16.6 Å². The molecule has 0 saturated carbocycles. The fourth-order valence-corrected chi connectivity index (χ4v) is 4.11.